The zero-order chi connectivity index (χ0) is 15.6. The van der Waals surface area contributed by atoms with Gasteiger partial charge in [-0.15, -0.1) is 23.7 Å². The Labute approximate surface area is 152 Å². The predicted molar refractivity (Wildman–Crippen MR) is 107 cm³/mol. The Morgan fingerprint density at radius 1 is 0.917 bits per heavy atom. The molecule has 0 spiro atoms. The van der Waals surface area contributed by atoms with E-state index in [-0.39, 0.29) is 12.4 Å². The first kappa shape index (κ1) is 17.0. The highest BCUT2D eigenvalue weighted by Gasteiger charge is 2.09. The smallest absolute Gasteiger partial charge is 0.0491 e. The topological polar surface area (TPSA) is 17.0 Å². The summed E-state index contributed by atoms with van der Waals surface area (Å²) < 4.78 is 2.40. The molecule has 0 saturated carbocycles. The minimum absolute atomic E-state index is 0. The van der Waals surface area contributed by atoms with Crippen molar-refractivity contribution in [3.05, 3.63) is 70.4 Å². The Balaban J connectivity index is 0.00000169. The van der Waals surface area contributed by atoms with Crippen LogP contribution in [-0.4, -0.2) is 4.57 Å². The van der Waals surface area contributed by atoms with Gasteiger partial charge in [-0.05, 0) is 42.1 Å². The predicted octanol–water partition coefficient (Wildman–Crippen LogP) is 5.59. The molecule has 124 valence electrons. The maximum Gasteiger partial charge on any atom is 0.0491 e. The average Bonchev–Trinajstić information content (AvgIpc) is 3.20. The molecule has 0 radical (unpaired) electrons. The van der Waals surface area contributed by atoms with Crippen LogP contribution in [0.15, 0.2) is 60.0 Å². The fourth-order valence-electron chi connectivity index (χ4n) is 3.29. The highest BCUT2D eigenvalue weighted by molar-refractivity contribution is 7.09. The summed E-state index contributed by atoms with van der Waals surface area (Å²) in [6, 6.07) is 19.8. The standard InChI is InChI=1S/C20H20N2S.ClH/c1-2-22-19-8-4-3-7-17(19)18-12-15(9-10-20(18)22)13-21-14-16-6-5-11-23-16;/h3-12,21H,2,13-14H2,1H3;1H. The Bertz CT molecular complexity index is 941. The lowest BCUT2D eigenvalue weighted by Gasteiger charge is -2.06. The molecule has 0 amide bonds. The molecule has 0 saturated heterocycles. The third-order valence-corrected chi connectivity index (χ3v) is 5.24. The Kier molecular flexibility index (Phi) is 5.24. The van der Waals surface area contributed by atoms with E-state index in [1.54, 1.807) is 11.3 Å². The van der Waals surface area contributed by atoms with Crippen molar-refractivity contribution in [1.82, 2.24) is 9.88 Å². The second kappa shape index (κ2) is 7.39. The first-order valence-corrected chi connectivity index (χ1v) is 8.97. The van der Waals surface area contributed by atoms with E-state index in [4.69, 9.17) is 0 Å². The van der Waals surface area contributed by atoms with E-state index in [1.807, 2.05) is 0 Å². The van der Waals surface area contributed by atoms with Crippen LogP contribution in [0.1, 0.15) is 17.4 Å². The second-order valence-electron chi connectivity index (χ2n) is 5.80. The lowest BCUT2D eigenvalue weighted by atomic mass is 10.1. The summed E-state index contributed by atoms with van der Waals surface area (Å²) >= 11 is 1.80. The summed E-state index contributed by atoms with van der Waals surface area (Å²) in [5.41, 5.74) is 4.00. The van der Waals surface area contributed by atoms with Crippen LogP contribution in [0, 0.1) is 0 Å². The van der Waals surface area contributed by atoms with Crippen LogP contribution < -0.4 is 5.32 Å². The first-order chi connectivity index (χ1) is 11.4. The van der Waals surface area contributed by atoms with Gasteiger partial charge in [0, 0.05) is 46.3 Å². The molecule has 0 aliphatic rings. The van der Waals surface area contributed by atoms with Crippen LogP contribution in [0.4, 0.5) is 0 Å². The number of halogens is 1. The number of nitrogens with one attached hydrogen (secondary N) is 1. The van der Waals surface area contributed by atoms with Gasteiger partial charge < -0.3 is 9.88 Å². The van der Waals surface area contributed by atoms with Gasteiger partial charge in [-0.1, -0.05) is 30.3 Å². The summed E-state index contributed by atoms with van der Waals surface area (Å²) in [6.45, 7) is 5.05. The summed E-state index contributed by atoms with van der Waals surface area (Å²) in [6.07, 6.45) is 0. The number of nitrogens with zero attached hydrogens (tertiary/aromatic N) is 1. The molecule has 0 unspecified atom stereocenters. The van der Waals surface area contributed by atoms with Gasteiger partial charge >= 0.3 is 0 Å². The second-order valence-corrected chi connectivity index (χ2v) is 6.83. The van der Waals surface area contributed by atoms with Crippen LogP contribution in [0.2, 0.25) is 0 Å². The first-order valence-electron chi connectivity index (χ1n) is 8.10. The highest BCUT2D eigenvalue weighted by Crippen LogP contribution is 2.29. The van der Waals surface area contributed by atoms with Crippen molar-refractivity contribution >= 4 is 45.5 Å². The highest BCUT2D eigenvalue weighted by atomic mass is 35.5. The molecule has 24 heavy (non-hydrogen) atoms. The maximum atomic E-state index is 3.54. The Morgan fingerprint density at radius 3 is 2.54 bits per heavy atom. The molecule has 4 rings (SSSR count). The third kappa shape index (κ3) is 3.07. The van der Waals surface area contributed by atoms with E-state index in [9.17, 15) is 0 Å². The van der Waals surface area contributed by atoms with Crippen molar-refractivity contribution < 1.29 is 0 Å². The fraction of sp³-hybridized carbons (Fsp3) is 0.200. The molecular formula is C20H21ClN2S. The largest absolute Gasteiger partial charge is 0.341 e. The molecule has 0 bridgehead atoms. The lowest BCUT2D eigenvalue weighted by molar-refractivity contribution is 0.701. The Hall–Kier alpha value is -1.81. The number of para-hydroxylation sites is 1. The van der Waals surface area contributed by atoms with Crippen LogP contribution in [0.3, 0.4) is 0 Å². The van der Waals surface area contributed by atoms with Crippen molar-refractivity contribution in [3.8, 4) is 0 Å². The molecule has 0 aliphatic carbocycles. The van der Waals surface area contributed by atoms with E-state index in [2.05, 4.69) is 76.8 Å². The van der Waals surface area contributed by atoms with Gasteiger partial charge in [0.15, 0.2) is 0 Å². The van der Waals surface area contributed by atoms with Gasteiger partial charge in [0.1, 0.15) is 0 Å². The molecule has 4 heteroatoms. The number of benzene rings is 2. The zero-order valence-corrected chi connectivity index (χ0v) is 15.3. The van der Waals surface area contributed by atoms with Crippen LogP contribution >= 0.6 is 23.7 Å². The van der Waals surface area contributed by atoms with Gasteiger partial charge in [-0.3, -0.25) is 0 Å². The molecular weight excluding hydrogens is 336 g/mol. The molecule has 0 atom stereocenters. The molecule has 2 nitrogen and oxygen atoms in total. The summed E-state index contributed by atoms with van der Waals surface area (Å²) in [7, 11) is 0. The van der Waals surface area contributed by atoms with Gasteiger partial charge in [-0.2, -0.15) is 0 Å². The third-order valence-electron chi connectivity index (χ3n) is 4.36. The molecule has 2 aromatic carbocycles. The number of aryl methyl sites for hydroxylation is 1. The summed E-state index contributed by atoms with van der Waals surface area (Å²) in [4.78, 5) is 1.38. The Morgan fingerprint density at radius 2 is 1.75 bits per heavy atom. The monoisotopic (exact) mass is 356 g/mol. The average molecular weight is 357 g/mol. The zero-order valence-electron chi connectivity index (χ0n) is 13.7. The molecule has 2 heterocycles. The number of fused-ring (bicyclic) bond motifs is 3. The van der Waals surface area contributed by atoms with E-state index < -0.39 is 0 Å². The number of aromatic nitrogens is 1. The van der Waals surface area contributed by atoms with Gasteiger partial charge in [0.05, 0.1) is 0 Å². The van der Waals surface area contributed by atoms with Crippen molar-refractivity contribution in [1.29, 1.82) is 0 Å². The van der Waals surface area contributed by atoms with Crippen LogP contribution in [-0.2, 0) is 19.6 Å². The SMILES string of the molecule is CCn1c2ccccc2c2cc(CNCc3cccs3)ccc21.Cl. The van der Waals surface area contributed by atoms with Crippen LogP contribution in [0.25, 0.3) is 21.8 Å². The van der Waals surface area contributed by atoms with Crippen molar-refractivity contribution in [2.24, 2.45) is 0 Å². The fourth-order valence-corrected chi connectivity index (χ4v) is 3.97. The van der Waals surface area contributed by atoms with Gasteiger partial charge in [-0.25, -0.2) is 0 Å². The maximum absolute atomic E-state index is 3.54. The molecule has 0 aliphatic heterocycles. The summed E-state index contributed by atoms with van der Waals surface area (Å²) in [5.74, 6) is 0. The molecule has 1 N–H and O–H groups in total. The molecule has 4 aromatic rings. The quantitative estimate of drug-likeness (QED) is 0.493. The number of rotatable bonds is 5. The van der Waals surface area contributed by atoms with Crippen molar-refractivity contribution in [2.75, 3.05) is 0 Å². The van der Waals surface area contributed by atoms with E-state index in [0.29, 0.717) is 0 Å². The normalized spacial score (nSPS) is 11.0. The molecule has 2 aromatic heterocycles. The summed E-state index contributed by atoms with van der Waals surface area (Å²) in [5, 5.41) is 8.38. The number of hydrogen-bond donors (Lipinski definition) is 1. The lowest BCUT2D eigenvalue weighted by Crippen LogP contribution is -2.11. The van der Waals surface area contributed by atoms with E-state index in [0.717, 1.165) is 19.6 Å². The van der Waals surface area contributed by atoms with Crippen molar-refractivity contribution in [2.45, 2.75) is 26.6 Å². The number of hydrogen-bond acceptors (Lipinski definition) is 2. The van der Waals surface area contributed by atoms with Gasteiger partial charge in [0.2, 0.25) is 0 Å². The van der Waals surface area contributed by atoms with Gasteiger partial charge in [0.25, 0.3) is 0 Å². The minimum Gasteiger partial charge on any atom is -0.341 e. The molecule has 0 fully saturated rings. The van der Waals surface area contributed by atoms with Crippen molar-refractivity contribution in [3.63, 3.8) is 0 Å². The van der Waals surface area contributed by atoms with E-state index in [1.165, 1.54) is 32.2 Å². The minimum atomic E-state index is 0. The van der Waals surface area contributed by atoms with Crippen LogP contribution in [0.5, 0.6) is 0 Å². The van der Waals surface area contributed by atoms with E-state index >= 15 is 0 Å². The number of thiophene rings is 1.